The van der Waals surface area contributed by atoms with Crippen LogP contribution in [0.2, 0.25) is 5.02 Å². The predicted molar refractivity (Wildman–Crippen MR) is 82.1 cm³/mol. The van der Waals surface area contributed by atoms with Crippen molar-refractivity contribution in [2.24, 2.45) is 0 Å². The number of benzene rings is 1. The summed E-state index contributed by atoms with van der Waals surface area (Å²) >= 11 is 8.68. The Morgan fingerprint density at radius 2 is 2.37 bits per heavy atom. The third-order valence-corrected chi connectivity index (χ3v) is 4.58. The summed E-state index contributed by atoms with van der Waals surface area (Å²) in [5, 5.41) is 3.95. The third-order valence-electron chi connectivity index (χ3n) is 2.32. The first-order chi connectivity index (χ1) is 9.04. The molecule has 0 radical (unpaired) electrons. The van der Waals surface area contributed by atoms with E-state index in [1.54, 1.807) is 18.3 Å². The summed E-state index contributed by atoms with van der Waals surface area (Å²) in [6, 6.07) is 5.40. The molecule has 0 unspecified atom stereocenters. The molecule has 7 heteroatoms. The third kappa shape index (κ3) is 4.12. The molecule has 0 spiro atoms. The largest absolute Gasteiger partial charge is 0.375 e. The van der Waals surface area contributed by atoms with Crippen LogP contribution in [0.25, 0.3) is 0 Å². The molecular weight excluding hydrogens is 302 g/mol. The molecule has 2 aromatic rings. The van der Waals surface area contributed by atoms with Crippen LogP contribution in [-0.2, 0) is 4.79 Å². The number of aryl methyl sites for hydroxylation is 1. The maximum absolute atomic E-state index is 11.8. The minimum Gasteiger partial charge on any atom is -0.375 e. The van der Waals surface area contributed by atoms with E-state index in [1.807, 2.05) is 13.0 Å². The quantitative estimate of drug-likeness (QED) is 0.849. The van der Waals surface area contributed by atoms with E-state index in [0.29, 0.717) is 15.9 Å². The number of aromatic nitrogens is 1. The monoisotopic (exact) mass is 313 g/mol. The Balaban J connectivity index is 1.92. The minimum absolute atomic E-state index is 0.0812. The first kappa shape index (κ1) is 14.2. The predicted octanol–water partition coefficient (Wildman–Crippen LogP) is 3.42. The SMILES string of the molecule is Cc1ccc(Cl)cc1NC(=O)CSc1cnc(N)s1. The summed E-state index contributed by atoms with van der Waals surface area (Å²) in [5.41, 5.74) is 7.24. The van der Waals surface area contributed by atoms with Gasteiger partial charge < -0.3 is 11.1 Å². The van der Waals surface area contributed by atoms with Gasteiger partial charge in [0.2, 0.25) is 5.91 Å². The van der Waals surface area contributed by atoms with Gasteiger partial charge in [0.1, 0.15) is 0 Å². The molecule has 1 aromatic carbocycles. The lowest BCUT2D eigenvalue weighted by Crippen LogP contribution is -2.14. The van der Waals surface area contributed by atoms with Gasteiger partial charge in [-0.15, -0.1) is 11.8 Å². The van der Waals surface area contributed by atoms with Gasteiger partial charge in [0.25, 0.3) is 0 Å². The minimum atomic E-state index is -0.0812. The van der Waals surface area contributed by atoms with Crippen molar-refractivity contribution in [3.8, 4) is 0 Å². The molecular formula is C12H12ClN3OS2. The van der Waals surface area contributed by atoms with Crippen molar-refractivity contribution >= 4 is 51.4 Å². The van der Waals surface area contributed by atoms with E-state index >= 15 is 0 Å². The molecule has 0 aliphatic rings. The Morgan fingerprint density at radius 3 is 3.05 bits per heavy atom. The number of nitrogens with two attached hydrogens (primary N) is 1. The van der Waals surface area contributed by atoms with Crippen molar-refractivity contribution in [2.45, 2.75) is 11.1 Å². The molecule has 100 valence electrons. The number of hydrogen-bond acceptors (Lipinski definition) is 5. The topological polar surface area (TPSA) is 68.0 Å². The van der Waals surface area contributed by atoms with Gasteiger partial charge in [0.05, 0.1) is 16.2 Å². The zero-order valence-corrected chi connectivity index (χ0v) is 12.5. The molecule has 2 rings (SSSR count). The highest BCUT2D eigenvalue weighted by molar-refractivity contribution is 8.01. The molecule has 0 atom stereocenters. The van der Waals surface area contributed by atoms with Crippen LogP contribution in [0.1, 0.15) is 5.56 Å². The highest BCUT2D eigenvalue weighted by atomic mass is 35.5. The van der Waals surface area contributed by atoms with E-state index < -0.39 is 0 Å². The van der Waals surface area contributed by atoms with Crippen LogP contribution in [0.15, 0.2) is 28.6 Å². The second-order valence-corrected chi connectivity index (χ2v) is 6.59. The lowest BCUT2D eigenvalue weighted by atomic mass is 10.2. The Hall–Kier alpha value is -1.24. The van der Waals surface area contributed by atoms with Crippen LogP contribution in [-0.4, -0.2) is 16.6 Å². The van der Waals surface area contributed by atoms with Crippen molar-refractivity contribution < 1.29 is 4.79 Å². The Labute approximate surface area is 124 Å². The number of hydrogen-bond donors (Lipinski definition) is 2. The Morgan fingerprint density at radius 1 is 1.58 bits per heavy atom. The highest BCUT2D eigenvalue weighted by Crippen LogP contribution is 2.26. The average Bonchev–Trinajstić information content (AvgIpc) is 2.77. The summed E-state index contributed by atoms with van der Waals surface area (Å²) in [4.78, 5) is 15.8. The molecule has 1 heterocycles. The van der Waals surface area contributed by atoms with Crippen molar-refractivity contribution in [1.29, 1.82) is 0 Å². The lowest BCUT2D eigenvalue weighted by molar-refractivity contribution is -0.113. The molecule has 0 saturated carbocycles. The molecule has 4 nitrogen and oxygen atoms in total. The van der Waals surface area contributed by atoms with Gasteiger partial charge in [-0.2, -0.15) is 0 Å². The number of thiazole rings is 1. The summed E-state index contributed by atoms with van der Waals surface area (Å²) in [6.07, 6.45) is 1.67. The summed E-state index contributed by atoms with van der Waals surface area (Å²) in [7, 11) is 0. The van der Waals surface area contributed by atoms with Gasteiger partial charge in [-0.3, -0.25) is 4.79 Å². The number of nitrogens with zero attached hydrogens (tertiary/aromatic N) is 1. The summed E-state index contributed by atoms with van der Waals surface area (Å²) in [6.45, 7) is 1.92. The molecule has 0 aliphatic carbocycles. The number of amides is 1. The summed E-state index contributed by atoms with van der Waals surface area (Å²) < 4.78 is 0.926. The molecule has 0 fully saturated rings. The highest BCUT2D eigenvalue weighted by Gasteiger charge is 2.07. The first-order valence-electron chi connectivity index (χ1n) is 5.44. The van der Waals surface area contributed by atoms with E-state index in [4.69, 9.17) is 17.3 Å². The number of carbonyl (C=O) groups excluding carboxylic acids is 1. The van der Waals surface area contributed by atoms with Gasteiger partial charge in [-0.25, -0.2) is 4.98 Å². The Kier molecular flexibility index (Phi) is 4.68. The molecule has 1 aromatic heterocycles. The molecule has 0 aliphatic heterocycles. The fourth-order valence-corrected chi connectivity index (χ4v) is 3.12. The van der Waals surface area contributed by atoms with Crippen molar-refractivity contribution in [3.05, 3.63) is 35.0 Å². The van der Waals surface area contributed by atoms with Crippen LogP contribution in [0.3, 0.4) is 0 Å². The van der Waals surface area contributed by atoms with Crippen molar-refractivity contribution in [3.63, 3.8) is 0 Å². The maximum atomic E-state index is 11.8. The number of thioether (sulfide) groups is 1. The van der Waals surface area contributed by atoms with E-state index in [0.717, 1.165) is 15.5 Å². The maximum Gasteiger partial charge on any atom is 0.234 e. The number of halogens is 1. The normalized spacial score (nSPS) is 10.4. The van der Waals surface area contributed by atoms with Gasteiger partial charge in [-0.05, 0) is 24.6 Å². The lowest BCUT2D eigenvalue weighted by Gasteiger charge is -2.08. The molecule has 0 saturated heterocycles. The van der Waals surface area contributed by atoms with E-state index in [1.165, 1.54) is 23.1 Å². The number of nitrogen functional groups attached to an aromatic ring is 1. The summed E-state index contributed by atoms with van der Waals surface area (Å²) in [5.74, 6) is 0.232. The van der Waals surface area contributed by atoms with Gasteiger partial charge >= 0.3 is 0 Å². The van der Waals surface area contributed by atoms with Crippen LogP contribution >= 0.6 is 34.7 Å². The number of nitrogens with one attached hydrogen (secondary N) is 1. The van der Waals surface area contributed by atoms with E-state index in [2.05, 4.69) is 10.3 Å². The Bertz CT molecular complexity index is 600. The van der Waals surface area contributed by atoms with Gasteiger partial charge in [-0.1, -0.05) is 29.0 Å². The zero-order valence-electron chi connectivity index (χ0n) is 10.1. The van der Waals surface area contributed by atoms with Crippen LogP contribution < -0.4 is 11.1 Å². The molecule has 1 amide bonds. The average molecular weight is 314 g/mol. The fraction of sp³-hybridized carbons (Fsp3) is 0.167. The molecule has 3 N–H and O–H groups in total. The number of anilines is 2. The number of carbonyl (C=O) groups is 1. The van der Waals surface area contributed by atoms with Crippen molar-refractivity contribution in [2.75, 3.05) is 16.8 Å². The first-order valence-corrected chi connectivity index (χ1v) is 7.62. The fourth-order valence-electron chi connectivity index (χ4n) is 1.39. The van der Waals surface area contributed by atoms with Gasteiger partial charge in [0.15, 0.2) is 5.13 Å². The van der Waals surface area contributed by atoms with Crippen LogP contribution in [0, 0.1) is 6.92 Å². The number of rotatable bonds is 4. The van der Waals surface area contributed by atoms with Crippen LogP contribution in [0.4, 0.5) is 10.8 Å². The standard InChI is InChI=1S/C12H12ClN3OS2/c1-7-2-3-8(13)4-9(7)16-10(17)6-18-11-5-15-12(14)19-11/h2-5H,6H2,1H3,(H2,14,15)(H,16,17). The smallest absolute Gasteiger partial charge is 0.234 e. The second-order valence-electron chi connectivity index (χ2n) is 3.81. The second kappa shape index (κ2) is 6.27. The van der Waals surface area contributed by atoms with Crippen LogP contribution in [0.5, 0.6) is 0 Å². The van der Waals surface area contributed by atoms with Gasteiger partial charge in [0, 0.05) is 10.7 Å². The van der Waals surface area contributed by atoms with Crippen molar-refractivity contribution in [1.82, 2.24) is 4.98 Å². The zero-order chi connectivity index (χ0) is 13.8. The van der Waals surface area contributed by atoms with E-state index in [-0.39, 0.29) is 5.91 Å². The molecule has 19 heavy (non-hydrogen) atoms. The van der Waals surface area contributed by atoms with E-state index in [9.17, 15) is 4.79 Å². The molecule has 0 bridgehead atoms.